The van der Waals surface area contributed by atoms with Crippen LogP contribution in [0.1, 0.15) is 60.8 Å². The van der Waals surface area contributed by atoms with E-state index in [4.69, 9.17) is 4.98 Å². The summed E-state index contributed by atoms with van der Waals surface area (Å²) in [7, 11) is 0. The minimum atomic E-state index is -0.829. The van der Waals surface area contributed by atoms with Crippen LogP contribution in [0.3, 0.4) is 0 Å². The highest BCUT2D eigenvalue weighted by molar-refractivity contribution is 6.04. The first-order chi connectivity index (χ1) is 9.94. The van der Waals surface area contributed by atoms with Crippen molar-refractivity contribution in [1.29, 1.82) is 0 Å². The molecular formula is C18H21NO2. The summed E-state index contributed by atoms with van der Waals surface area (Å²) in [5, 5.41) is 10.5. The van der Waals surface area contributed by atoms with Crippen molar-refractivity contribution in [2.75, 3.05) is 0 Å². The van der Waals surface area contributed by atoms with Crippen LogP contribution in [0.2, 0.25) is 0 Å². The smallest absolute Gasteiger partial charge is 0.336 e. The highest BCUT2D eigenvalue weighted by Crippen LogP contribution is 2.39. The van der Waals surface area contributed by atoms with Crippen molar-refractivity contribution < 1.29 is 9.90 Å². The fraction of sp³-hybridized carbons (Fsp3) is 0.444. The molecule has 1 aliphatic rings. The van der Waals surface area contributed by atoms with Gasteiger partial charge in [-0.05, 0) is 48.9 Å². The molecule has 3 heteroatoms. The van der Waals surface area contributed by atoms with Crippen molar-refractivity contribution >= 4 is 16.9 Å². The minimum absolute atomic E-state index is 0.0462. The lowest BCUT2D eigenvalue weighted by Gasteiger charge is -2.32. The Hall–Kier alpha value is -1.90. The third kappa shape index (κ3) is 2.21. The molecule has 1 N–H and O–H groups in total. The predicted octanol–water partition coefficient (Wildman–Crippen LogP) is 4.11. The molecule has 3 rings (SSSR count). The molecule has 0 fully saturated rings. The fourth-order valence-corrected chi connectivity index (χ4v) is 3.44. The molecule has 0 bridgehead atoms. The molecule has 3 nitrogen and oxygen atoms in total. The maximum absolute atomic E-state index is 11.9. The molecule has 1 aliphatic carbocycles. The number of aromatic carboxylic acids is 1. The van der Waals surface area contributed by atoms with E-state index in [2.05, 4.69) is 20.8 Å². The van der Waals surface area contributed by atoms with E-state index in [0.717, 1.165) is 53.4 Å². The van der Waals surface area contributed by atoms with Crippen molar-refractivity contribution in [2.45, 2.75) is 51.9 Å². The lowest BCUT2D eigenvalue weighted by Crippen LogP contribution is -2.27. The first-order valence-electron chi connectivity index (χ1n) is 7.63. The lowest BCUT2D eigenvalue weighted by atomic mass is 9.74. The van der Waals surface area contributed by atoms with E-state index in [-0.39, 0.29) is 5.41 Å². The highest BCUT2D eigenvalue weighted by atomic mass is 16.4. The number of carboxylic acid groups (broad SMARTS) is 1. The van der Waals surface area contributed by atoms with Gasteiger partial charge in [-0.2, -0.15) is 0 Å². The molecule has 0 aliphatic heterocycles. The SMILES string of the molecule is CCc1ccc2nc3c(c(C(=O)O)c2c1)CCCC3(C)C. The van der Waals surface area contributed by atoms with Crippen molar-refractivity contribution in [3.63, 3.8) is 0 Å². The number of aromatic nitrogens is 1. The zero-order valence-electron chi connectivity index (χ0n) is 12.9. The van der Waals surface area contributed by atoms with Gasteiger partial charge in [-0.25, -0.2) is 4.79 Å². The molecule has 0 saturated heterocycles. The van der Waals surface area contributed by atoms with Crippen molar-refractivity contribution in [3.05, 3.63) is 40.6 Å². The Morgan fingerprint density at radius 3 is 2.81 bits per heavy atom. The van der Waals surface area contributed by atoms with Crippen LogP contribution in [0.4, 0.5) is 0 Å². The average Bonchev–Trinajstić information content (AvgIpc) is 2.44. The molecule has 0 atom stereocenters. The Morgan fingerprint density at radius 2 is 2.14 bits per heavy atom. The monoisotopic (exact) mass is 283 g/mol. The molecule has 110 valence electrons. The summed E-state index contributed by atoms with van der Waals surface area (Å²) in [6, 6.07) is 6.00. The molecule has 21 heavy (non-hydrogen) atoms. The number of benzene rings is 1. The van der Waals surface area contributed by atoms with Crippen LogP contribution in [-0.4, -0.2) is 16.1 Å². The molecule has 0 amide bonds. The minimum Gasteiger partial charge on any atom is -0.478 e. The Bertz CT molecular complexity index is 732. The fourth-order valence-electron chi connectivity index (χ4n) is 3.44. The summed E-state index contributed by atoms with van der Waals surface area (Å²) < 4.78 is 0. The standard InChI is InChI=1S/C18H21NO2/c1-4-11-7-8-14-13(10-11)15(17(20)21)12-6-5-9-18(2,3)16(12)19-14/h7-8,10H,4-6,9H2,1-3H3,(H,20,21). The summed E-state index contributed by atoms with van der Waals surface area (Å²) >= 11 is 0. The number of hydrogen-bond acceptors (Lipinski definition) is 2. The Balaban J connectivity index is 2.41. The summed E-state index contributed by atoms with van der Waals surface area (Å²) in [6.07, 6.45) is 3.81. The third-order valence-electron chi connectivity index (χ3n) is 4.64. The lowest BCUT2D eigenvalue weighted by molar-refractivity contribution is 0.0697. The van der Waals surface area contributed by atoms with Gasteiger partial charge in [0.15, 0.2) is 0 Å². The predicted molar refractivity (Wildman–Crippen MR) is 84.0 cm³/mol. The molecule has 1 heterocycles. The topological polar surface area (TPSA) is 50.2 Å². The number of nitrogens with zero attached hydrogens (tertiary/aromatic N) is 1. The Kier molecular flexibility index (Phi) is 3.23. The number of aryl methyl sites for hydroxylation is 1. The van der Waals surface area contributed by atoms with Gasteiger partial charge in [0.1, 0.15) is 0 Å². The van der Waals surface area contributed by atoms with Crippen LogP contribution < -0.4 is 0 Å². The summed E-state index contributed by atoms with van der Waals surface area (Å²) in [6.45, 7) is 6.41. The van der Waals surface area contributed by atoms with Crippen molar-refractivity contribution in [3.8, 4) is 0 Å². The van der Waals surface area contributed by atoms with Gasteiger partial charge in [0.2, 0.25) is 0 Å². The average molecular weight is 283 g/mol. The van der Waals surface area contributed by atoms with E-state index in [1.807, 2.05) is 18.2 Å². The van der Waals surface area contributed by atoms with E-state index in [1.165, 1.54) is 0 Å². The van der Waals surface area contributed by atoms with Crippen LogP contribution in [-0.2, 0) is 18.3 Å². The molecule has 0 radical (unpaired) electrons. The van der Waals surface area contributed by atoms with E-state index in [1.54, 1.807) is 0 Å². The molecule has 1 aromatic carbocycles. The second-order valence-corrected chi connectivity index (χ2v) is 6.56. The maximum atomic E-state index is 11.9. The quantitative estimate of drug-likeness (QED) is 0.902. The highest BCUT2D eigenvalue weighted by Gasteiger charge is 2.33. The van der Waals surface area contributed by atoms with Crippen LogP contribution >= 0.6 is 0 Å². The molecule has 0 saturated carbocycles. The van der Waals surface area contributed by atoms with Crippen molar-refractivity contribution in [1.82, 2.24) is 4.98 Å². The zero-order valence-corrected chi connectivity index (χ0v) is 12.9. The second-order valence-electron chi connectivity index (χ2n) is 6.56. The number of fused-ring (bicyclic) bond motifs is 2. The first-order valence-corrected chi connectivity index (χ1v) is 7.63. The zero-order chi connectivity index (χ0) is 15.2. The van der Waals surface area contributed by atoms with E-state index in [0.29, 0.717) is 5.56 Å². The maximum Gasteiger partial charge on any atom is 0.336 e. The van der Waals surface area contributed by atoms with Crippen molar-refractivity contribution in [2.24, 2.45) is 0 Å². The van der Waals surface area contributed by atoms with Gasteiger partial charge in [-0.1, -0.05) is 26.8 Å². The number of hydrogen-bond donors (Lipinski definition) is 1. The summed E-state index contributed by atoms with van der Waals surface area (Å²) in [4.78, 5) is 16.7. The second kappa shape index (κ2) is 4.83. The molecule has 1 aromatic heterocycles. The van der Waals surface area contributed by atoms with Crippen LogP contribution in [0.15, 0.2) is 18.2 Å². The van der Waals surface area contributed by atoms with Gasteiger partial charge in [0.05, 0.1) is 16.8 Å². The van der Waals surface area contributed by atoms with Gasteiger partial charge in [0.25, 0.3) is 0 Å². The van der Waals surface area contributed by atoms with Crippen LogP contribution in [0, 0.1) is 0 Å². The third-order valence-corrected chi connectivity index (χ3v) is 4.64. The summed E-state index contributed by atoms with van der Waals surface area (Å²) in [5.74, 6) is -0.829. The number of pyridine rings is 1. The van der Waals surface area contributed by atoms with Gasteiger partial charge < -0.3 is 5.11 Å². The van der Waals surface area contributed by atoms with Gasteiger partial charge in [-0.15, -0.1) is 0 Å². The molecular weight excluding hydrogens is 262 g/mol. The number of carbonyl (C=O) groups is 1. The largest absolute Gasteiger partial charge is 0.478 e. The normalized spacial score (nSPS) is 16.7. The van der Waals surface area contributed by atoms with Gasteiger partial charge >= 0.3 is 5.97 Å². The molecule has 0 spiro atoms. The van der Waals surface area contributed by atoms with E-state index >= 15 is 0 Å². The number of carboxylic acids is 1. The van der Waals surface area contributed by atoms with E-state index < -0.39 is 5.97 Å². The van der Waals surface area contributed by atoms with Crippen LogP contribution in [0.25, 0.3) is 10.9 Å². The molecule has 2 aromatic rings. The Labute approximate surface area is 125 Å². The van der Waals surface area contributed by atoms with Gasteiger partial charge in [-0.3, -0.25) is 4.98 Å². The Morgan fingerprint density at radius 1 is 1.38 bits per heavy atom. The van der Waals surface area contributed by atoms with Gasteiger partial charge in [0, 0.05) is 10.8 Å². The molecule has 0 unspecified atom stereocenters. The first kappa shape index (κ1) is 14.1. The number of rotatable bonds is 2. The summed E-state index contributed by atoms with van der Waals surface area (Å²) in [5.41, 5.74) is 4.30. The van der Waals surface area contributed by atoms with E-state index in [9.17, 15) is 9.90 Å². The van der Waals surface area contributed by atoms with Crippen LogP contribution in [0.5, 0.6) is 0 Å².